The predicted octanol–water partition coefficient (Wildman–Crippen LogP) is 18.5. The summed E-state index contributed by atoms with van der Waals surface area (Å²) in [6.07, 6.45) is 34.2. The molecule has 0 heterocycles. The Morgan fingerprint density at radius 1 is 0.329 bits per heavy atom. The molecule has 11 rings (SSSR count). The van der Waals surface area contributed by atoms with E-state index in [4.69, 9.17) is 0 Å². The van der Waals surface area contributed by atoms with Crippen molar-refractivity contribution in [3.05, 3.63) is 283 Å². The minimum absolute atomic E-state index is 0.301. The van der Waals surface area contributed by atoms with Gasteiger partial charge in [-0.3, -0.25) is 0 Å². The van der Waals surface area contributed by atoms with Gasteiger partial charge in [0.25, 0.3) is 0 Å². The summed E-state index contributed by atoms with van der Waals surface area (Å²) in [5.74, 6) is 0.901. The molecule has 342 valence electrons. The van der Waals surface area contributed by atoms with Crippen LogP contribution in [0.5, 0.6) is 0 Å². The Bertz CT molecular complexity index is 3160. The number of allylic oxidation sites excluding steroid dienone is 13. The summed E-state index contributed by atoms with van der Waals surface area (Å²) in [5.41, 5.74) is 19.2. The van der Waals surface area contributed by atoms with Gasteiger partial charge in [0.1, 0.15) is 0 Å². The normalized spacial score (nSPS) is 17.3. The highest BCUT2D eigenvalue weighted by Crippen LogP contribution is 2.40. The number of para-hydroxylation sites is 1. The van der Waals surface area contributed by atoms with Crippen LogP contribution in [0.15, 0.2) is 272 Å². The zero-order valence-electron chi connectivity index (χ0n) is 40.0. The van der Waals surface area contributed by atoms with Crippen LogP contribution in [0.4, 0.5) is 34.1 Å². The minimum Gasteiger partial charge on any atom is -0.311 e. The third kappa shape index (κ3) is 9.75. The summed E-state index contributed by atoms with van der Waals surface area (Å²) in [5, 5.41) is 0. The Kier molecular flexibility index (Phi) is 13.1. The fourth-order valence-corrected chi connectivity index (χ4v) is 10.1. The van der Waals surface area contributed by atoms with Crippen LogP contribution >= 0.6 is 0 Å². The predicted molar refractivity (Wildman–Crippen MR) is 298 cm³/mol. The summed E-state index contributed by atoms with van der Waals surface area (Å²) in [7, 11) is 0. The van der Waals surface area contributed by atoms with Crippen molar-refractivity contribution in [3.63, 3.8) is 0 Å². The van der Waals surface area contributed by atoms with E-state index in [1.54, 1.807) is 0 Å². The summed E-state index contributed by atoms with van der Waals surface area (Å²) in [6.45, 7) is 2.27. The van der Waals surface area contributed by atoms with Crippen molar-refractivity contribution in [1.29, 1.82) is 0 Å². The highest BCUT2D eigenvalue weighted by atomic mass is 15.2. The molecule has 2 unspecified atom stereocenters. The van der Waals surface area contributed by atoms with Crippen molar-refractivity contribution in [3.8, 4) is 22.3 Å². The van der Waals surface area contributed by atoms with Crippen LogP contribution in [0.3, 0.4) is 0 Å². The highest BCUT2D eigenvalue weighted by molar-refractivity contribution is 5.82. The molecule has 0 amide bonds. The molecule has 7 aromatic carbocycles. The summed E-state index contributed by atoms with van der Waals surface area (Å²) >= 11 is 0. The van der Waals surface area contributed by atoms with E-state index < -0.39 is 0 Å². The summed E-state index contributed by atoms with van der Waals surface area (Å²) in [6, 6.07) is 66.6. The molecule has 70 heavy (non-hydrogen) atoms. The number of hydrogen-bond acceptors (Lipinski definition) is 3. The smallest absolute Gasteiger partial charge is 0.0462 e. The Balaban J connectivity index is 0.807. The molecule has 4 aliphatic rings. The molecule has 0 radical (unpaired) electrons. The van der Waals surface area contributed by atoms with Crippen molar-refractivity contribution in [1.82, 2.24) is 0 Å². The second kappa shape index (κ2) is 20.6. The van der Waals surface area contributed by atoms with Crippen molar-refractivity contribution in [2.45, 2.75) is 51.4 Å². The van der Waals surface area contributed by atoms with Gasteiger partial charge >= 0.3 is 0 Å². The molecule has 0 saturated carbocycles. The molecule has 0 aromatic heterocycles. The van der Waals surface area contributed by atoms with Crippen LogP contribution in [0, 0.1) is 5.92 Å². The third-order valence-corrected chi connectivity index (χ3v) is 14.0. The van der Waals surface area contributed by atoms with Gasteiger partial charge in [0.2, 0.25) is 0 Å². The lowest BCUT2D eigenvalue weighted by molar-refractivity contribution is 0.739. The molecule has 4 aliphatic carbocycles. The second-order valence-electron chi connectivity index (χ2n) is 18.8. The Hall–Kier alpha value is -8.14. The lowest BCUT2D eigenvalue weighted by atomic mass is 9.91. The molecule has 0 saturated heterocycles. The number of benzene rings is 7. The average Bonchev–Trinajstić information content (AvgIpc) is 3.44. The largest absolute Gasteiger partial charge is 0.311 e. The highest BCUT2D eigenvalue weighted by Gasteiger charge is 2.21. The van der Waals surface area contributed by atoms with Gasteiger partial charge in [-0.15, -0.1) is 0 Å². The number of nitrogens with zero attached hydrogens (tertiary/aromatic N) is 3. The average molecular weight is 906 g/mol. The maximum absolute atomic E-state index is 2.41. The van der Waals surface area contributed by atoms with Gasteiger partial charge in [-0.2, -0.15) is 0 Å². The van der Waals surface area contributed by atoms with E-state index in [9.17, 15) is 0 Å². The van der Waals surface area contributed by atoms with Gasteiger partial charge in [0, 0.05) is 57.1 Å². The zero-order chi connectivity index (χ0) is 47.1. The SMILES string of the molecule is CC1C=CC(c2ccc(N(c3ccccc3)c3ccc(-c4ccc(N(C5=CCCC=C5)c5ccc(C6C=CC(N(C7=CCCC=C7)c7ccc(-c8ccccc8)cc7)=CC6)cc5)cc4)cc3)cc2)=CC1. The van der Waals surface area contributed by atoms with Gasteiger partial charge in [-0.1, -0.05) is 171 Å². The maximum atomic E-state index is 2.41. The van der Waals surface area contributed by atoms with Gasteiger partial charge in [0.05, 0.1) is 0 Å². The maximum Gasteiger partial charge on any atom is 0.0462 e. The zero-order valence-corrected chi connectivity index (χ0v) is 40.0. The number of anilines is 6. The molecule has 2 atom stereocenters. The van der Waals surface area contributed by atoms with Crippen molar-refractivity contribution >= 4 is 39.7 Å². The molecular weight excluding hydrogens is 847 g/mol. The fourth-order valence-electron chi connectivity index (χ4n) is 10.1. The standard InChI is InChI=1S/C67H59N3/c1-50-22-24-52(25-23-50)54-28-40-63(41-29-54)69(60-18-10-4-11-19-60)65-44-32-56(33-45-65)58-36-48-67(49-37-58)70(61-20-12-5-13-21-61)66-46-34-57(35-47-66)55-30-42-64(43-31-55)68(59-16-8-3-9-17-59)62-38-26-53(27-39-62)51-14-6-2-7-15-51/h2,4,6-8,10-12,14-22,24-30,32-50,55H,3,5,9,13,23,31H2,1H3. The minimum atomic E-state index is 0.301. The van der Waals surface area contributed by atoms with Gasteiger partial charge in [-0.05, 0) is 174 Å². The van der Waals surface area contributed by atoms with Crippen LogP contribution in [0.1, 0.15) is 62.5 Å². The van der Waals surface area contributed by atoms with Crippen molar-refractivity contribution in [2.24, 2.45) is 5.92 Å². The van der Waals surface area contributed by atoms with Crippen molar-refractivity contribution in [2.75, 3.05) is 14.7 Å². The molecule has 3 heteroatoms. The lowest BCUT2D eigenvalue weighted by Crippen LogP contribution is -2.22. The fraction of sp³-hybridized carbons (Fsp3) is 0.134. The monoisotopic (exact) mass is 905 g/mol. The molecule has 0 N–H and O–H groups in total. The van der Waals surface area contributed by atoms with E-state index >= 15 is 0 Å². The van der Waals surface area contributed by atoms with E-state index in [-0.39, 0.29) is 0 Å². The summed E-state index contributed by atoms with van der Waals surface area (Å²) in [4.78, 5) is 7.15. The molecule has 0 bridgehead atoms. The Morgan fingerprint density at radius 3 is 1.26 bits per heavy atom. The molecule has 7 aromatic rings. The first-order chi connectivity index (χ1) is 34.6. The first-order valence-corrected chi connectivity index (χ1v) is 25.1. The van der Waals surface area contributed by atoms with Crippen molar-refractivity contribution < 1.29 is 0 Å². The van der Waals surface area contributed by atoms with Crippen LogP contribution in [-0.2, 0) is 0 Å². The van der Waals surface area contributed by atoms with E-state index in [0.717, 1.165) is 67.0 Å². The Morgan fingerprint density at radius 2 is 0.771 bits per heavy atom. The van der Waals surface area contributed by atoms with Crippen LogP contribution in [0.25, 0.3) is 27.8 Å². The lowest BCUT2D eigenvalue weighted by Gasteiger charge is -2.31. The molecular formula is C67H59N3. The van der Waals surface area contributed by atoms with Crippen LogP contribution in [0.2, 0.25) is 0 Å². The van der Waals surface area contributed by atoms with Crippen LogP contribution in [-0.4, -0.2) is 0 Å². The first kappa shape index (κ1) is 44.4. The van der Waals surface area contributed by atoms with Crippen LogP contribution < -0.4 is 14.7 Å². The van der Waals surface area contributed by atoms with E-state index in [2.05, 4.69) is 277 Å². The topological polar surface area (TPSA) is 9.72 Å². The molecule has 3 nitrogen and oxygen atoms in total. The number of hydrogen-bond donors (Lipinski definition) is 0. The molecule has 0 aliphatic heterocycles. The first-order valence-electron chi connectivity index (χ1n) is 25.1. The Labute approximate surface area is 415 Å². The quantitative estimate of drug-likeness (QED) is 0.114. The van der Waals surface area contributed by atoms with E-state index in [1.807, 2.05) is 0 Å². The van der Waals surface area contributed by atoms with Gasteiger partial charge in [-0.25, -0.2) is 0 Å². The third-order valence-electron chi connectivity index (χ3n) is 14.0. The number of rotatable bonds is 13. The second-order valence-corrected chi connectivity index (χ2v) is 18.8. The van der Waals surface area contributed by atoms with Gasteiger partial charge < -0.3 is 14.7 Å². The molecule has 0 spiro atoms. The molecule has 0 fully saturated rings. The van der Waals surface area contributed by atoms with E-state index in [1.165, 1.54) is 61.7 Å². The van der Waals surface area contributed by atoms with Gasteiger partial charge in [0.15, 0.2) is 0 Å². The van der Waals surface area contributed by atoms with E-state index in [0.29, 0.717) is 11.8 Å². The summed E-state index contributed by atoms with van der Waals surface area (Å²) < 4.78 is 0.